The number of aromatic carboxylic acids is 1. The van der Waals surface area contributed by atoms with Gasteiger partial charge in [0.25, 0.3) is 0 Å². The lowest BCUT2D eigenvalue weighted by Gasteiger charge is -2.42. The molecule has 1 aromatic rings. The summed E-state index contributed by atoms with van der Waals surface area (Å²) in [6.07, 6.45) is 2.49. The Labute approximate surface area is 109 Å². The largest absolute Gasteiger partial charge is 0.478 e. The summed E-state index contributed by atoms with van der Waals surface area (Å²) in [6, 6.07) is 3.06. The Morgan fingerprint density at radius 2 is 1.94 bits per heavy atom. The lowest BCUT2D eigenvalue weighted by molar-refractivity contribution is 0.0697. The van der Waals surface area contributed by atoms with Gasteiger partial charge in [-0.25, -0.2) is 4.79 Å². The first-order valence-electron chi connectivity index (χ1n) is 5.48. The van der Waals surface area contributed by atoms with Gasteiger partial charge in [0.1, 0.15) is 0 Å². The molecular formula is C12H11Cl2NO2. The molecule has 0 amide bonds. The quantitative estimate of drug-likeness (QED) is 0.898. The zero-order valence-electron chi connectivity index (χ0n) is 9.04. The van der Waals surface area contributed by atoms with Crippen molar-refractivity contribution in [1.82, 2.24) is 0 Å². The number of rotatable bonds is 2. The highest BCUT2D eigenvalue weighted by Crippen LogP contribution is 2.55. The van der Waals surface area contributed by atoms with Crippen LogP contribution in [-0.2, 0) is 0 Å². The normalized spacial score (nSPS) is 20.2. The van der Waals surface area contributed by atoms with Crippen LogP contribution < -0.4 is 4.90 Å². The lowest BCUT2D eigenvalue weighted by atomic mass is 9.95. The molecule has 1 N–H and O–H groups in total. The first-order valence-corrected chi connectivity index (χ1v) is 6.24. The summed E-state index contributed by atoms with van der Waals surface area (Å²) in [5.74, 6) is -0.985. The summed E-state index contributed by atoms with van der Waals surface area (Å²) < 4.78 is 0. The van der Waals surface area contributed by atoms with Crippen molar-refractivity contribution in [2.75, 3.05) is 18.0 Å². The van der Waals surface area contributed by atoms with E-state index in [1.807, 2.05) is 4.90 Å². The van der Waals surface area contributed by atoms with Crippen molar-refractivity contribution in [3.63, 3.8) is 0 Å². The summed E-state index contributed by atoms with van der Waals surface area (Å²) in [6.45, 7) is 1.82. The van der Waals surface area contributed by atoms with Crippen LogP contribution >= 0.6 is 23.2 Å². The smallest absolute Gasteiger partial charge is 0.337 e. The molecule has 3 rings (SSSR count). The van der Waals surface area contributed by atoms with Gasteiger partial charge in [-0.2, -0.15) is 0 Å². The Morgan fingerprint density at radius 3 is 2.47 bits per heavy atom. The zero-order chi connectivity index (χ0) is 12.2. The van der Waals surface area contributed by atoms with Gasteiger partial charge in [-0.1, -0.05) is 23.2 Å². The van der Waals surface area contributed by atoms with Crippen LogP contribution in [0.15, 0.2) is 12.1 Å². The number of benzene rings is 1. The monoisotopic (exact) mass is 271 g/mol. The van der Waals surface area contributed by atoms with E-state index in [4.69, 9.17) is 23.2 Å². The van der Waals surface area contributed by atoms with Gasteiger partial charge in [-0.3, -0.25) is 0 Å². The molecule has 3 nitrogen and oxygen atoms in total. The Kier molecular flexibility index (Phi) is 2.32. The number of carbonyl (C=O) groups is 1. The Morgan fingerprint density at radius 1 is 1.29 bits per heavy atom. The number of hydrogen-bond donors (Lipinski definition) is 1. The zero-order valence-corrected chi connectivity index (χ0v) is 10.6. The predicted molar refractivity (Wildman–Crippen MR) is 67.3 cm³/mol. The second kappa shape index (κ2) is 3.53. The summed E-state index contributed by atoms with van der Waals surface area (Å²) in [5, 5.41) is 9.97. The van der Waals surface area contributed by atoms with Crippen molar-refractivity contribution in [3.05, 3.63) is 27.7 Å². The van der Waals surface area contributed by atoms with Gasteiger partial charge in [0.2, 0.25) is 0 Å². The van der Waals surface area contributed by atoms with E-state index in [0.717, 1.165) is 13.1 Å². The molecule has 0 aromatic heterocycles. The fourth-order valence-corrected chi connectivity index (χ4v) is 3.08. The number of halogens is 2. The number of nitrogens with zero attached hydrogens (tertiary/aromatic N) is 1. The maximum Gasteiger partial charge on any atom is 0.337 e. The number of anilines is 1. The molecule has 2 fully saturated rings. The highest BCUT2D eigenvalue weighted by molar-refractivity contribution is 6.37. The van der Waals surface area contributed by atoms with Gasteiger partial charge in [0, 0.05) is 23.5 Å². The third kappa shape index (κ3) is 1.78. The molecule has 0 bridgehead atoms. The summed E-state index contributed by atoms with van der Waals surface area (Å²) >= 11 is 11.9. The second-order valence-electron chi connectivity index (χ2n) is 4.94. The highest BCUT2D eigenvalue weighted by atomic mass is 35.5. The molecule has 17 heavy (non-hydrogen) atoms. The number of hydrogen-bond acceptors (Lipinski definition) is 2. The Bertz CT molecular complexity index is 503. The van der Waals surface area contributed by atoms with Gasteiger partial charge in [-0.05, 0) is 25.0 Å². The third-order valence-corrected chi connectivity index (χ3v) is 4.09. The van der Waals surface area contributed by atoms with E-state index in [9.17, 15) is 9.90 Å². The first kappa shape index (κ1) is 11.2. The maximum atomic E-state index is 11.2. The van der Waals surface area contributed by atoms with Crippen LogP contribution in [0.3, 0.4) is 0 Å². The third-order valence-electron chi connectivity index (χ3n) is 3.58. The van der Waals surface area contributed by atoms with Crippen molar-refractivity contribution >= 4 is 34.9 Å². The van der Waals surface area contributed by atoms with E-state index in [2.05, 4.69) is 0 Å². The molecule has 1 aliphatic heterocycles. The minimum Gasteiger partial charge on any atom is -0.478 e. The fourth-order valence-electron chi connectivity index (χ4n) is 2.46. The number of carboxylic acids is 1. The SMILES string of the molecule is O=C(O)c1cc(Cl)cc(Cl)c1N1CC2(CC2)C1. The molecule has 0 unspecified atom stereocenters. The maximum absolute atomic E-state index is 11.2. The van der Waals surface area contributed by atoms with E-state index in [-0.39, 0.29) is 5.56 Å². The van der Waals surface area contributed by atoms with Gasteiger partial charge in [-0.15, -0.1) is 0 Å². The highest BCUT2D eigenvalue weighted by Gasteiger charge is 2.53. The molecular weight excluding hydrogens is 261 g/mol. The van der Waals surface area contributed by atoms with Gasteiger partial charge in [0.05, 0.1) is 16.3 Å². The first-order chi connectivity index (χ1) is 8.01. The van der Waals surface area contributed by atoms with Crippen LogP contribution in [0.1, 0.15) is 23.2 Å². The molecule has 90 valence electrons. The standard InChI is InChI=1S/C12H11Cl2NO2/c13-7-3-8(11(16)17)10(9(14)4-7)15-5-12(6-15)1-2-12/h3-4H,1-2,5-6H2,(H,16,17). The van der Waals surface area contributed by atoms with E-state index in [0.29, 0.717) is 21.1 Å². The van der Waals surface area contributed by atoms with Crippen LogP contribution in [-0.4, -0.2) is 24.2 Å². The van der Waals surface area contributed by atoms with Crippen LogP contribution in [0, 0.1) is 5.41 Å². The molecule has 1 saturated carbocycles. The van der Waals surface area contributed by atoms with Crippen molar-refractivity contribution in [2.45, 2.75) is 12.8 Å². The Balaban J connectivity index is 1.99. The summed E-state index contributed by atoms with van der Waals surface area (Å²) in [7, 11) is 0. The summed E-state index contributed by atoms with van der Waals surface area (Å²) in [5.41, 5.74) is 1.26. The Hall–Kier alpha value is -0.930. The predicted octanol–water partition coefficient (Wildman–Crippen LogP) is 3.29. The molecule has 1 heterocycles. The number of carboxylic acid groups (broad SMARTS) is 1. The van der Waals surface area contributed by atoms with E-state index in [1.54, 1.807) is 6.07 Å². The van der Waals surface area contributed by atoms with E-state index < -0.39 is 5.97 Å². The minimum absolute atomic E-state index is 0.193. The molecule has 1 aromatic carbocycles. The van der Waals surface area contributed by atoms with Crippen molar-refractivity contribution in [2.24, 2.45) is 5.41 Å². The summed E-state index contributed by atoms with van der Waals surface area (Å²) in [4.78, 5) is 13.2. The van der Waals surface area contributed by atoms with Crippen LogP contribution in [0.2, 0.25) is 10.0 Å². The van der Waals surface area contributed by atoms with Crippen LogP contribution in [0.5, 0.6) is 0 Å². The van der Waals surface area contributed by atoms with E-state index in [1.165, 1.54) is 18.9 Å². The molecule has 0 radical (unpaired) electrons. The average Bonchev–Trinajstić information content (AvgIpc) is 2.94. The van der Waals surface area contributed by atoms with Crippen LogP contribution in [0.4, 0.5) is 5.69 Å². The van der Waals surface area contributed by atoms with E-state index >= 15 is 0 Å². The molecule has 1 spiro atoms. The second-order valence-corrected chi connectivity index (χ2v) is 5.79. The topological polar surface area (TPSA) is 40.5 Å². The fraction of sp³-hybridized carbons (Fsp3) is 0.417. The molecule has 0 atom stereocenters. The van der Waals surface area contributed by atoms with Crippen molar-refractivity contribution in [1.29, 1.82) is 0 Å². The lowest BCUT2D eigenvalue weighted by Crippen LogP contribution is -2.49. The molecule has 1 aliphatic carbocycles. The van der Waals surface area contributed by atoms with Crippen molar-refractivity contribution < 1.29 is 9.90 Å². The molecule has 1 saturated heterocycles. The van der Waals surface area contributed by atoms with Crippen LogP contribution in [0.25, 0.3) is 0 Å². The minimum atomic E-state index is -0.985. The molecule has 5 heteroatoms. The van der Waals surface area contributed by atoms with Gasteiger partial charge in [0.15, 0.2) is 0 Å². The van der Waals surface area contributed by atoms with Gasteiger partial charge >= 0.3 is 5.97 Å². The van der Waals surface area contributed by atoms with Gasteiger partial charge < -0.3 is 10.0 Å². The molecule has 2 aliphatic rings. The van der Waals surface area contributed by atoms with Crippen molar-refractivity contribution in [3.8, 4) is 0 Å². The average molecular weight is 272 g/mol.